The predicted octanol–water partition coefficient (Wildman–Crippen LogP) is 2.56. The molecule has 0 fully saturated rings. The first-order chi connectivity index (χ1) is 9.19. The summed E-state index contributed by atoms with van der Waals surface area (Å²) in [7, 11) is 1.61. The van der Waals surface area contributed by atoms with Crippen LogP contribution in [0.15, 0.2) is 0 Å². The van der Waals surface area contributed by atoms with Gasteiger partial charge in [0.05, 0.1) is 12.5 Å². The Kier molecular flexibility index (Phi) is 12.0. The standard InChI is InChI=1S/C15H32N2O2/c1-4-6-8-10-17(11-9-7-5-2)15(18)12-14(13-16)19-3/h14H,4-13,16H2,1-3H3. The number of nitrogens with zero attached hydrogens (tertiary/aromatic N) is 1. The highest BCUT2D eigenvalue weighted by Gasteiger charge is 2.17. The van der Waals surface area contributed by atoms with Gasteiger partial charge in [0, 0.05) is 26.7 Å². The van der Waals surface area contributed by atoms with Crippen LogP contribution in [0.3, 0.4) is 0 Å². The molecule has 0 aliphatic rings. The Labute approximate surface area is 118 Å². The first-order valence-electron chi connectivity index (χ1n) is 7.70. The zero-order valence-electron chi connectivity index (χ0n) is 13.0. The normalized spacial score (nSPS) is 12.4. The molecule has 0 rings (SSSR count). The number of hydrogen-bond acceptors (Lipinski definition) is 3. The third kappa shape index (κ3) is 9.00. The fourth-order valence-corrected chi connectivity index (χ4v) is 2.05. The van der Waals surface area contributed by atoms with Crippen LogP contribution in [0.2, 0.25) is 0 Å². The van der Waals surface area contributed by atoms with Crippen LogP contribution >= 0.6 is 0 Å². The molecule has 4 heteroatoms. The first-order valence-corrected chi connectivity index (χ1v) is 7.70. The van der Waals surface area contributed by atoms with E-state index in [9.17, 15) is 4.79 Å². The minimum Gasteiger partial charge on any atom is -0.380 e. The summed E-state index contributed by atoms with van der Waals surface area (Å²) in [5, 5.41) is 0. The number of nitrogens with two attached hydrogens (primary N) is 1. The van der Waals surface area contributed by atoms with Crippen molar-refractivity contribution in [2.24, 2.45) is 5.73 Å². The zero-order valence-corrected chi connectivity index (χ0v) is 13.0. The van der Waals surface area contributed by atoms with Gasteiger partial charge in [-0.1, -0.05) is 39.5 Å². The summed E-state index contributed by atoms with van der Waals surface area (Å²) in [6.07, 6.45) is 7.17. The molecule has 1 amide bonds. The van der Waals surface area contributed by atoms with Gasteiger partial charge in [-0.25, -0.2) is 0 Å². The van der Waals surface area contributed by atoms with Crippen LogP contribution in [0, 0.1) is 0 Å². The van der Waals surface area contributed by atoms with Gasteiger partial charge in [-0.05, 0) is 12.8 Å². The molecule has 1 unspecified atom stereocenters. The van der Waals surface area contributed by atoms with Gasteiger partial charge < -0.3 is 15.4 Å². The van der Waals surface area contributed by atoms with E-state index in [-0.39, 0.29) is 12.0 Å². The van der Waals surface area contributed by atoms with Gasteiger partial charge in [0.15, 0.2) is 0 Å². The molecular formula is C15H32N2O2. The van der Waals surface area contributed by atoms with E-state index in [1.54, 1.807) is 7.11 Å². The molecule has 0 heterocycles. The molecule has 0 bridgehead atoms. The summed E-state index contributed by atoms with van der Waals surface area (Å²) >= 11 is 0. The van der Waals surface area contributed by atoms with Gasteiger partial charge in [0.25, 0.3) is 0 Å². The second-order valence-corrected chi connectivity index (χ2v) is 5.09. The number of carbonyl (C=O) groups is 1. The van der Waals surface area contributed by atoms with Crippen molar-refractivity contribution in [1.82, 2.24) is 4.90 Å². The molecule has 1 atom stereocenters. The summed E-state index contributed by atoms with van der Waals surface area (Å²) in [6.45, 7) is 6.51. The van der Waals surface area contributed by atoms with E-state index in [0.29, 0.717) is 13.0 Å². The van der Waals surface area contributed by atoms with Gasteiger partial charge in [-0.15, -0.1) is 0 Å². The number of unbranched alkanes of at least 4 members (excludes halogenated alkanes) is 4. The van der Waals surface area contributed by atoms with Crippen molar-refractivity contribution >= 4 is 5.91 Å². The van der Waals surface area contributed by atoms with Gasteiger partial charge in [-0.2, -0.15) is 0 Å². The topological polar surface area (TPSA) is 55.6 Å². The van der Waals surface area contributed by atoms with Crippen molar-refractivity contribution in [3.8, 4) is 0 Å². The maximum atomic E-state index is 12.3. The number of amides is 1. The Balaban J connectivity index is 4.22. The molecule has 114 valence electrons. The van der Waals surface area contributed by atoms with Crippen LogP contribution in [-0.2, 0) is 9.53 Å². The predicted molar refractivity (Wildman–Crippen MR) is 80.1 cm³/mol. The lowest BCUT2D eigenvalue weighted by Crippen LogP contribution is -2.37. The molecule has 0 saturated carbocycles. The average Bonchev–Trinajstić information content (AvgIpc) is 2.43. The Morgan fingerprint density at radius 2 is 1.63 bits per heavy atom. The smallest absolute Gasteiger partial charge is 0.225 e. The van der Waals surface area contributed by atoms with Crippen molar-refractivity contribution in [3.63, 3.8) is 0 Å². The van der Waals surface area contributed by atoms with E-state index in [1.807, 2.05) is 4.90 Å². The molecule has 0 spiro atoms. The van der Waals surface area contributed by atoms with Crippen molar-refractivity contribution in [3.05, 3.63) is 0 Å². The van der Waals surface area contributed by atoms with E-state index in [2.05, 4.69) is 13.8 Å². The lowest BCUT2D eigenvalue weighted by atomic mass is 10.1. The number of rotatable bonds is 12. The van der Waals surface area contributed by atoms with Gasteiger partial charge in [-0.3, -0.25) is 4.79 Å². The average molecular weight is 272 g/mol. The monoisotopic (exact) mass is 272 g/mol. The molecule has 0 saturated heterocycles. The molecule has 0 aromatic rings. The van der Waals surface area contributed by atoms with Gasteiger partial charge in [0.2, 0.25) is 5.91 Å². The van der Waals surface area contributed by atoms with Crippen molar-refractivity contribution in [2.75, 3.05) is 26.7 Å². The molecule has 19 heavy (non-hydrogen) atoms. The van der Waals surface area contributed by atoms with Gasteiger partial charge >= 0.3 is 0 Å². The van der Waals surface area contributed by atoms with E-state index in [0.717, 1.165) is 25.9 Å². The fraction of sp³-hybridized carbons (Fsp3) is 0.933. The summed E-state index contributed by atoms with van der Waals surface area (Å²) in [5.41, 5.74) is 5.58. The molecule has 0 aliphatic carbocycles. The highest BCUT2D eigenvalue weighted by Crippen LogP contribution is 2.07. The minimum atomic E-state index is -0.146. The molecule has 0 aromatic carbocycles. The summed E-state index contributed by atoms with van der Waals surface area (Å²) in [4.78, 5) is 14.2. The molecular weight excluding hydrogens is 240 g/mol. The zero-order chi connectivity index (χ0) is 14.5. The maximum absolute atomic E-state index is 12.3. The molecule has 0 radical (unpaired) electrons. The SMILES string of the molecule is CCCCCN(CCCCC)C(=O)CC(CN)OC. The van der Waals surface area contributed by atoms with E-state index in [4.69, 9.17) is 10.5 Å². The van der Waals surface area contributed by atoms with E-state index in [1.165, 1.54) is 25.7 Å². The molecule has 0 aromatic heterocycles. The Hall–Kier alpha value is -0.610. The largest absolute Gasteiger partial charge is 0.380 e. The van der Waals surface area contributed by atoms with Gasteiger partial charge in [0.1, 0.15) is 0 Å². The number of hydrogen-bond donors (Lipinski definition) is 1. The summed E-state index contributed by atoms with van der Waals surface area (Å²) in [6, 6.07) is 0. The highest BCUT2D eigenvalue weighted by molar-refractivity contribution is 5.76. The van der Waals surface area contributed by atoms with E-state index < -0.39 is 0 Å². The Bertz CT molecular complexity index is 208. The quantitative estimate of drug-likeness (QED) is 0.556. The first kappa shape index (κ1) is 18.4. The third-order valence-corrected chi connectivity index (χ3v) is 3.41. The van der Waals surface area contributed by atoms with Crippen molar-refractivity contribution in [2.45, 2.75) is 64.9 Å². The Morgan fingerprint density at radius 1 is 1.11 bits per heavy atom. The van der Waals surface area contributed by atoms with Crippen molar-refractivity contribution in [1.29, 1.82) is 0 Å². The summed E-state index contributed by atoms with van der Waals surface area (Å²) in [5.74, 6) is 0.185. The maximum Gasteiger partial charge on any atom is 0.225 e. The van der Waals surface area contributed by atoms with Crippen LogP contribution in [-0.4, -0.2) is 43.7 Å². The van der Waals surface area contributed by atoms with Crippen LogP contribution in [0.25, 0.3) is 0 Å². The molecule has 0 aliphatic heterocycles. The van der Waals surface area contributed by atoms with E-state index >= 15 is 0 Å². The minimum absolute atomic E-state index is 0.146. The second-order valence-electron chi connectivity index (χ2n) is 5.09. The fourth-order valence-electron chi connectivity index (χ4n) is 2.05. The summed E-state index contributed by atoms with van der Waals surface area (Å²) < 4.78 is 5.20. The lowest BCUT2D eigenvalue weighted by Gasteiger charge is -2.24. The number of carbonyl (C=O) groups excluding carboxylic acids is 1. The van der Waals surface area contributed by atoms with Crippen LogP contribution < -0.4 is 5.73 Å². The van der Waals surface area contributed by atoms with Crippen LogP contribution in [0.5, 0.6) is 0 Å². The molecule has 2 N–H and O–H groups in total. The van der Waals surface area contributed by atoms with Crippen molar-refractivity contribution < 1.29 is 9.53 Å². The third-order valence-electron chi connectivity index (χ3n) is 3.41. The number of ether oxygens (including phenoxy) is 1. The molecule has 4 nitrogen and oxygen atoms in total. The highest BCUT2D eigenvalue weighted by atomic mass is 16.5. The number of methoxy groups -OCH3 is 1. The Morgan fingerprint density at radius 3 is 2.00 bits per heavy atom. The van der Waals surface area contributed by atoms with Crippen LogP contribution in [0.4, 0.5) is 0 Å². The second kappa shape index (κ2) is 12.4. The van der Waals surface area contributed by atoms with Crippen LogP contribution in [0.1, 0.15) is 58.8 Å². The lowest BCUT2D eigenvalue weighted by molar-refractivity contribution is -0.133.